The zero-order valence-corrected chi connectivity index (χ0v) is 19.4. The topological polar surface area (TPSA) is 132 Å². The van der Waals surface area contributed by atoms with Crippen LogP contribution in [-0.4, -0.2) is 41.4 Å². The van der Waals surface area contributed by atoms with Crippen LogP contribution in [-0.2, 0) is 15.1 Å². The number of hydrogen-bond acceptors (Lipinski definition) is 5. The molecule has 2 aromatic rings. The molecule has 0 saturated carbocycles. The van der Waals surface area contributed by atoms with Crippen molar-refractivity contribution < 1.29 is 19.3 Å². The van der Waals surface area contributed by atoms with E-state index in [1.807, 2.05) is 54.6 Å². The summed E-state index contributed by atoms with van der Waals surface area (Å²) in [6, 6.07) is 17.8. The Morgan fingerprint density at radius 2 is 1.85 bits per heavy atom. The van der Waals surface area contributed by atoms with Crippen molar-refractivity contribution in [3.8, 4) is 11.1 Å². The standard InChI is InChI=1S/C24H29N5O5/c1-4-33-21-20(11-8-16-28(21)22(25)27-29(31)32)26-23(30)34-24(2,3)19-14-12-18(13-15-19)17-9-6-5-7-10-17/h5-7,9-15,21H,4,8,16H2,1-3H3,(H2,25,27)(H,26,30). The van der Waals surface area contributed by atoms with Gasteiger partial charge in [0.1, 0.15) is 10.7 Å². The summed E-state index contributed by atoms with van der Waals surface area (Å²) in [4.78, 5) is 24.9. The monoisotopic (exact) mass is 467 g/mol. The highest BCUT2D eigenvalue weighted by Crippen LogP contribution is 2.28. The Bertz CT molecular complexity index is 1070. The fourth-order valence-corrected chi connectivity index (χ4v) is 3.70. The van der Waals surface area contributed by atoms with Crippen LogP contribution in [0.3, 0.4) is 0 Å². The van der Waals surface area contributed by atoms with Gasteiger partial charge in [-0.2, -0.15) is 0 Å². The van der Waals surface area contributed by atoms with Gasteiger partial charge in [0, 0.05) is 13.2 Å². The number of carbonyl (C=O) groups is 1. The van der Waals surface area contributed by atoms with Gasteiger partial charge in [0.15, 0.2) is 11.3 Å². The second-order valence-electron chi connectivity index (χ2n) is 8.11. The quantitative estimate of drug-likeness (QED) is 0.274. The van der Waals surface area contributed by atoms with Gasteiger partial charge in [-0.25, -0.2) is 14.9 Å². The minimum absolute atomic E-state index is 0.292. The SMILES string of the molecule is CCOC1C(NC(=O)OC(C)(C)c2ccc(-c3ccccc3)cc2)=CCCN1/C(N)=N/[N+](=O)[O-]. The van der Waals surface area contributed by atoms with Gasteiger partial charge in [-0.3, -0.25) is 5.32 Å². The molecule has 10 heteroatoms. The summed E-state index contributed by atoms with van der Waals surface area (Å²) in [6.07, 6.45) is 0.749. The number of guanidine groups is 1. The summed E-state index contributed by atoms with van der Waals surface area (Å²) >= 11 is 0. The average molecular weight is 468 g/mol. The molecule has 1 amide bonds. The molecule has 0 aromatic heterocycles. The Kier molecular flexibility index (Phi) is 7.85. The molecule has 1 aliphatic heterocycles. The highest BCUT2D eigenvalue weighted by Gasteiger charge is 2.32. The lowest BCUT2D eigenvalue weighted by Crippen LogP contribution is -2.52. The number of alkyl carbamates (subject to hydrolysis) is 1. The molecular formula is C24H29N5O5. The Morgan fingerprint density at radius 3 is 2.47 bits per heavy atom. The van der Waals surface area contributed by atoms with E-state index in [0.717, 1.165) is 16.7 Å². The lowest BCUT2D eigenvalue weighted by Gasteiger charge is -2.36. The predicted molar refractivity (Wildman–Crippen MR) is 128 cm³/mol. The Labute approximate surface area is 198 Å². The molecule has 1 atom stereocenters. The first-order chi connectivity index (χ1) is 16.2. The molecule has 0 fully saturated rings. The van der Waals surface area contributed by atoms with Crippen molar-refractivity contribution in [2.24, 2.45) is 10.8 Å². The van der Waals surface area contributed by atoms with E-state index in [4.69, 9.17) is 15.2 Å². The summed E-state index contributed by atoms with van der Waals surface area (Å²) in [6.45, 7) is 6.01. The van der Waals surface area contributed by atoms with Crippen LogP contribution in [0.4, 0.5) is 4.79 Å². The van der Waals surface area contributed by atoms with Gasteiger partial charge in [0.2, 0.25) is 0 Å². The lowest BCUT2D eigenvalue weighted by atomic mass is 9.95. The summed E-state index contributed by atoms with van der Waals surface area (Å²) < 4.78 is 11.4. The van der Waals surface area contributed by atoms with Crippen molar-refractivity contribution in [3.05, 3.63) is 82.0 Å². The molecule has 0 bridgehead atoms. The molecule has 10 nitrogen and oxygen atoms in total. The third-order valence-corrected chi connectivity index (χ3v) is 5.37. The number of ether oxygens (including phenoxy) is 2. The molecule has 1 heterocycles. The first kappa shape index (κ1) is 24.7. The second kappa shape index (κ2) is 10.8. The van der Waals surface area contributed by atoms with Crippen LogP contribution in [0.2, 0.25) is 0 Å². The van der Waals surface area contributed by atoms with Gasteiger partial charge < -0.3 is 20.1 Å². The fraction of sp³-hybridized carbons (Fsp3) is 0.333. The van der Waals surface area contributed by atoms with E-state index in [9.17, 15) is 14.9 Å². The molecule has 2 aromatic carbocycles. The zero-order valence-electron chi connectivity index (χ0n) is 19.4. The largest absolute Gasteiger partial charge is 0.438 e. The van der Waals surface area contributed by atoms with Crippen LogP contribution in [0.25, 0.3) is 11.1 Å². The third kappa shape index (κ3) is 6.10. The van der Waals surface area contributed by atoms with Crippen LogP contribution < -0.4 is 11.1 Å². The van der Waals surface area contributed by atoms with E-state index in [2.05, 4.69) is 10.4 Å². The van der Waals surface area contributed by atoms with Gasteiger partial charge in [0.25, 0.3) is 5.96 Å². The van der Waals surface area contributed by atoms with E-state index >= 15 is 0 Å². The van der Waals surface area contributed by atoms with Gasteiger partial charge in [-0.1, -0.05) is 60.7 Å². The van der Waals surface area contributed by atoms with Crippen LogP contribution >= 0.6 is 0 Å². The van der Waals surface area contributed by atoms with Gasteiger partial charge >= 0.3 is 6.09 Å². The van der Waals surface area contributed by atoms with Gasteiger partial charge in [-0.15, -0.1) is 0 Å². The summed E-state index contributed by atoms with van der Waals surface area (Å²) in [5, 5.41) is 15.7. The molecule has 3 N–H and O–H groups in total. The van der Waals surface area contributed by atoms with Crippen LogP contribution in [0.15, 0.2) is 71.5 Å². The molecule has 1 aliphatic rings. The molecule has 0 saturated heterocycles. The van der Waals surface area contributed by atoms with Crippen LogP contribution in [0.5, 0.6) is 0 Å². The maximum Gasteiger partial charge on any atom is 0.412 e. The number of nitrogens with one attached hydrogen (secondary N) is 1. The van der Waals surface area contributed by atoms with E-state index in [-0.39, 0.29) is 5.96 Å². The van der Waals surface area contributed by atoms with Crippen LogP contribution in [0.1, 0.15) is 32.8 Å². The number of hydrogen-bond donors (Lipinski definition) is 2. The minimum atomic E-state index is -0.915. The number of benzene rings is 2. The molecule has 0 aliphatic carbocycles. The molecule has 180 valence electrons. The number of nitrogens with zero attached hydrogens (tertiary/aromatic N) is 3. The van der Waals surface area contributed by atoms with Crippen molar-refractivity contribution in [2.45, 2.75) is 39.0 Å². The second-order valence-corrected chi connectivity index (χ2v) is 8.11. The fourth-order valence-electron chi connectivity index (χ4n) is 3.70. The maximum absolute atomic E-state index is 12.8. The van der Waals surface area contributed by atoms with Crippen LogP contribution in [0, 0.1) is 10.1 Å². The number of amides is 1. The average Bonchev–Trinajstić information content (AvgIpc) is 2.80. The van der Waals surface area contributed by atoms with Crippen molar-refractivity contribution >= 4 is 12.1 Å². The molecular weight excluding hydrogens is 438 g/mol. The number of nitro groups is 1. The summed E-state index contributed by atoms with van der Waals surface area (Å²) in [5.74, 6) is -0.303. The number of carbonyl (C=O) groups excluding carboxylic acids is 1. The number of hydrazone groups is 1. The summed E-state index contributed by atoms with van der Waals surface area (Å²) in [5.41, 5.74) is 8.23. The van der Waals surface area contributed by atoms with E-state index < -0.39 is 23.0 Å². The maximum atomic E-state index is 12.8. The summed E-state index contributed by atoms with van der Waals surface area (Å²) in [7, 11) is 0. The zero-order chi connectivity index (χ0) is 24.7. The molecule has 0 spiro atoms. The van der Waals surface area contributed by atoms with Crippen molar-refractivity contribution in [1.82, 2.24) is 10.2 Å². The highest BCUT2D eigenvalue weighted by molar-refractivity contribution is 5.78. The van der Waals surface area contributed by atoms with Crippen molar-refractivity contribution in [2.75, 3.05) is 13.2 Å². The molecule has 34 heavy (non-hydrogen) atoms. The normalized spacial score (nSPS) is 16.6. The molecule has 1 unspecified atom stereocenters. The van der Waals surface area contributed by atoms with Crippen molar-refractivity contribution in [3.63, 3.8) is 0 Å². The van der Waals surface area contributed by atoms with E-state index in [0.29, 0.717) is 25.3 Å². The Hall–Kier alpha value is -3.92. The van der Waals surface area contributed by atoms with Gasteiger partial charge in [0.05, 0.1) is 5.70 Å². The predicted octanol–water partition coefficient (Wildman–Crippen LogP) is 3.77. The van der Waals surface area contributed by atoms with Crippen molar-refractivity contribution in [1.29, 1.82) is 0 Å². The van der Waals surface area contributed by atoms with Gasteiger partial charge in [-0.05, 0) is 43.9 Å². The molecule has 3 rings (SSSR count). The highest BCUT2D eigenvalue weighted by atomic mass is 16.7. The first-order valence-electron chi connectivity index (χ1n) is 10.9. The smallest absolute Gasteiger partial charge is 0.412 e. The number of rotatable bonds is 7. The number of nitrogens with two attached hydrogens (primary N) is 1. The lowest BCUT2D eigenvalue weighted by molar-refractivity contribution is -0.485. The third-order valence-electron chi connectivity index (χ3n) is 5.37. The first-order valence-corrected chi connectivity index (χ1v) is 10.9. The Morgan fingerprint density at radius 1 is 1.21 bits per heavy atom. The Balaban J connectivity index is 1.70. The minimum Gasteiger partial charge on any atom is -0.438 e. The van der Waals surface area contributed by atoms with E-state index in [1.54, 1.807) is 26.8 Å². The molecule has 0 radical (unpaired) electrons. The van der Waals surface area contributed by atoms with E-state index in [1.165, 1.54) is 4.90 Å².